The van der Waals surface area contributed by atoms with Crippen LogP contribution in [0.15, 0.2) is 34.7 Å². The maximum absolute atomic E-state index is 10.1. The molecule has 1 heterocycles. The SMILES string of the molecule is CNC(C)c1ccc(N(C)Cc2ccc(C)o2)cc1O. The molecule has 20 heavy (non-hydrogen) atoms. The van der Waals surface area contributed by atoms with Crippen LogP contribution < -0.4 is 10.2 Å². The van der Waals surface area contributed by atoms with Crippen LogP contribution in [0.4, 0.5) is 5.69 Å². The smallest absolute Gasteiger partial charge is 0.123 e. The molecule has 0 amide bonds. The lowest BCUT2D eigenvalue weighted by Gasteiger charge is -2.20. The number of phenolic OH excluding ortho intramolecular Hbond substituents is 1. The third-order valence-electron chi connectivity index (χ3n) is 3.54. The Kier molecular flexibility index (Phi) is 4.35. The summed E-state index contributed by atoms with van der Waals surface area (Å²) < 4.78 is 5.57. The topological polar surface area (TPSA) is 48.6 Å². The van der Waals surface area contributed by atoms with E-state index in [-0.39, 0.29) is 6.04 Å². The highest BCUT2D eigenvalue weighted by Gasteiger charge is 2.11. The van der Waals surface area contributed by atoms with E-state index >= 15 is 0 Å². The Morgan fingerprint density at radius 2 is 2.05 bits per heavy atom. The molecule has 1 atom stereocenters. The Morgan fingerprint density at radius 3 is 2.60 bits per heavy atom. The van der Waals surface area contributed by atoms with Gasteiger partial charge in [-0.05, 0) is 39.1 Å². The molecule has 4 heteroatoms. The van der Waals surface area contributed by atoms with Gasteiger partial charge in [0.2, 0.25) is 0 Å². The lowest BCUT2D eigenvalue weighted by molar-refractivity contribution is 0.457. The monoisotopic (exact) mass is 274 g/mol. The highest BCUT2D eigenvalue weighted by Crippen LogP contribution is 2.29. The predicted octanol–water partition coefficient (Wildman–Crippen LogP) is 3.21. The van der Waals surface area contributed by atoms with Crippen molar-refractivity contribution in [3.05, 3.63) is 47.4 Å². The third kappa shape index (κ3) is 3.14. The molecule has 1 aromatic carbocycles. The Balaban J connectivity index is 2.14. The van der Waals surface area contributed by atoms with E-state index in [2.05, 4.69) is 5.32 Å². The molecule has 4 nitrogen and oxygen atoms in total. The number of nitrogens with one attached hydrogen (secondary N) is 1. The van der Waals surface area contributed by atoms with Gasteiger partial charge in [0.05, 0.1) is 6.54 Å². The predicted molar refractivity (Wildman–Crippen MR) is 81.1 cm³/mol. The third-order valence-corrected chi connectivity index (χ3v) is 3.54. The van der Waals surface area contributed by atoms with Crippen molar-refractivity contribution in [2.45, 2.75) is 26.4 Å². The van der Waals surface area contributed by atoms with Crippen molar-refractivity contribution in [1.82, 2.24) is 5.32 Å². The summed E-state index contributed by atoms with van der Waals surface area (Å²) in [6.07, 6.45) is 0. The second-order valence-corrected chi connectivity index (χ2v) is 5.12. The number of rotatable bonds is 5. The van der Waals surface area contributed by atoms with Crippen LogP contribution in [-0.4, -0.2) is 19.2 Å². The summed E-state index contributed by atoms with van der Waals surface area (Å²) in [6.45, 7) is 4.63. The largest absolute Gasteiger partial charge is 0.508 e. The number of hydrogen-bond acceptors (Lipinski definition) is 4. The first-order valence-electron chi connectivity index (χ1n) is 6.78. The maximum atomic E-state index is 10.1. The average molecular weight is 274 g/mol. The van der Waals surface area contributed by atoms with Crippen molar-refractivity contribution >= 4 is 5.69 Å². The molecule has 0 aliphatic rings. The van der Waals surface area contributed by atoms with Gasteiger partial charge in [-0.1, -0.05) is 6.07 Å². The first-order valence-corrected chi connectivity index (χ1v) is 6.78. The first kappa shape index (κ1) is 14.5. The lowest BCUT2D eigenvalue weighted by atomic mass is 10.1. The van der Waals surface area contributed by atoms with Crippen molar-refractivity contribution in [2.24, 2.45) is 0 Å². The minimum Gasteiger partial charge on any atom is -0.508 e. The van der Waals surface area contributed by atoms with Crippen molar-refractivity contribution < 1.29 is 9.52 Å². The number of aromatic hydroxyl groups is 1. The van der Waals surface area contributed by atoms with E-state index in [0.717, 1.165) is 22.8 Å². The molecule has 0 saturated carbocycles. The van der Waals surface area contributed by atoms with Crippen LogP contribution in [0, 0.1) is 6.92 Å². The fourth-order valence-corrected chi connectivity index (χ4v) is 2.19. The Labute approximate surface area is 120 Å². The standard InChI is InChI=1S/C16H22N2O2/c1-11-5-7-14(20-11)10-18(4)13-6-8-15(12(2)17-3)16(19)9-13/h5-9,12,17,19H,10H2,1-4H3. The number of anilines is 1. The summed E-state index contributed by atoms with van der Waals surface area (Å²) >= 11 is 0. The van der Waals surface area contributed by atoms with Crippen LogP contribution in [0.5, 0.6) is 5.75 Å². The number of benzene rings is 1. The summed E-state index contributed by atoms with van der Waals surface area (Å²) in [6, 6.07) is 9.82. The van der Waals surface area contributed by atoms with Gasteiger partial charge in [0, 0.05) is 30.4 Å². The van der Waals surface area contributed by atoms with Gasteiger partial charge in [-0.3, -0.25) is 0 Å². The van der Waals surface area contributed by atoms with E-state index < -0.39 is 0 Å². The molecule has 2 aromatic rings. The van der Waals surface area contributed by atoms with Crippen LogP contribution in [0.2, 0.25) is 0 Å². The van der Waals surface area contributed by atoms with Gasteiger partial charge in [0.15, 0.2) is 0 Å². The zero-order chi connectivity index (χ0) is 14.7. The summed E-state index contributed by atoms with van der Waals surface area (Å²) in [4.78, 5) is 2.05. The lowest BCUT2D eigenvalue weighted by Crippen LogP contribution is -2.17. The summed E-state index contributed by atoms with van der Waals surface area (Å²) in [5.74, 6) is 2.14. The van der Waals surface area contributed by atoms with E-state index in [0.29, 0.717) is 12.3 Å². The molecule has 1 unspecified atom stereocenters. The van der Waals surface area contributed by atoms with Gasteiger partial charge in [-0.25, -0.2) is 0 Å². The zero-order valence-electron chi connectivity index (χ0n) is 12.5. The van der Waals surface area contributed by atoms with Crippen molar-refractivity contribution in [3.63, 3.8) is 0 Å². The molecule has 0 saturated heterocycles. The number of phenols is 1. The van der Waals surface area contributed by atoms with Crippen molar-refractivity contribution in [3.8, 4) is 5.75 Å². The van der Waals surface area contributed by atoms with E-state index in [1.165, 1.54) is 0 Å². The molecule has 2 N–H and O–H groups in total. The summed E-state index contributed by atoms with van der Waals surface area (Å²) in [7, 11) is 3.86. The molecular formula is C16H22N2O2. The van der Waals surface area contributed by atoms with E-state index in [1.54, 1.807) is 6.07 Å². The highest BCUT2D eigenvalue weighted by atomic mass is 16.3. The average Bonchev–Trinajstić information content (AvgIpc) is 2.83. The second-order valence-electron chi connectivity index (χ2n) is 5.12. The molecule has 108 valence electrons. The van der Waals surface area contributed by atoms with Crippen molar-refractivity contribution in [1.29, 1.82) is 0 Å². The van der Waals surface area contributed by atoms with Gasteiger partial charge in [-0.2, -0.15) is 0 Å². The fraction of sp³-hybridized carbons (Fsp3) is 0.375. The van der Waals surface area contributed by atoms with Crippen LogP contribution in [-0.2, 0) is 6.54 Å². The molecule has 0 spiro atoms. The van der Waals surface area contributed by atoms with E-state index in [4.69, 9.17) is 4.42 Å². The molecule has 0 bridgehead atoms. The van der Waals surface area contributed by atoms with Crippen LogP contribution in [0.25, 0.3) is 0 Å². The van der Waals surface area contributed by atoms with E-state index in [9.17, 15) is 5.11 Å². The minimum absolute atomic E-state index is 0.127. The molecular weight excluding hydrogens is 252 g/mol. The number of hydrogen-bond donors (Lipinski definition) is 2. The minimum atomic E-state index is 0.127. The van der Waals surface area contributed by atoms with Crippen molar-refractivity contribution in [2.75, 3.05) is 19.0 Å². The van der Waals surface area contributed by atoms with Gasteiger partial charge >= 0.3 is 0 Å². The molecule has 0 aliphatic carbocycles. The second kappa shape index (κ2) is 6.01. The Hall–Kier alpha value is -1.94. The van der Waals surface area contributed by atoms with Crippen LogP contribution in [0.1, 0.15) is 30.0 Å². The van der Waals surface area contributed by atoms with Gasteiger partial charge in [0.25, 0.3) is 0 Å². The highest BCUT2D eigenvalue weighted by molar-refractivity contribution is 5.53. The molecule has 0 radical (unpaired) electrons. The van der Waals surface area contributed by atoms with Crippen LogP contribution >= 0.6 is 0 Å². The number of aryl methyl sites for hydroxylation is 1. The molecule has 0 aliphatic heterocycles. The normalized spacial score (nSPS) is 12.4. The Bertz CT molecular complexity index is 578. The van der Waals surface area contributed by atoms with Crippen LogP contribution in [0.3, 0.4) is 0 Å². The number of furan rings is 1. The Morgan fingerprint density at radius 1 is 1.30 bits per heavy atom. The van der Waals surface area contributed by atoms with Gasteiger partial charge in [-0.15, -0.1) is 0 Å². The van der Waals surface area contributed by atoms with Gasteiger partial charge in [0.1, 0.15) is 17.3 Å². The van der Waals surface area contributed by atoms with E-state index in [1.807, 2.05) is 57.1 Å². The number of nitrogens with zero attached hydrogens (tertiary/aromatic N) is 1. The zero-order valence-corrected chi connectivity index (χ0v) is 12.5. The molecule has 0 fully saturated rings. The maximum Gasteiger partial charge on any atom is 0.123 e. The summed E-state index contributed by atoms with van der Waals surface area (Å²) in [5.41, 5.74) is 1.86. The van der Waals surface area contributed by atoms with Gasteiger partial charge < -0.3 is 19.7 Å². The molecule has 1 aromatic heterocycles. The quantitative estimate of drug-likeness (QED) is 0.879. The fourth-order valence-electron chi connectivity index (χ4n) is 2.19. The summed E-state index contributed by atoms with van der Waals surface area (Å²) in [5, 5.41) is 13.2. The molecule has 2 rings (SSSR count). The first-order chi connectivity index (χ1) is 9.51.